The molecule has 8 heteroatoms. The van der Waals surface area contributed by atoms with Gasteiger partial charge in [-0.15, -0.1) is 11.3 Å². The van der Waals surface area contributed by atoms with Crippen LogP contribution in [-0.4, -0.2) is 61.3 Å². The van der Waals surface area contributed by atoms with E-state index in [2.05, 4.69) is 10.2 Å². The Hall–Kier alpha value is -1.48. The first kappa shape index (κ1) is 14.9. The lowest BCUT2D eigenvalue weighted by atomic mass is 10.4. The molecule has 1 fully saturated rings. The van der Waals surface area contributed by atoms with Gasteiger partial charge in [0.15, 0.2) is 0 Å². The Morgan fingerprint density at radius 3 is 2.55 bits per heavy atom. The van der Waals surface area contributed by atoms with E-state index in [1.807, 2.05) is 0 Å². The van der Waals surface area contributed by atoms with Crippen LogP contribution in [0, 0.1) is 0 Å². The van der Waals surface area contributed by atoms with Crippen LogP contribution in [0.25, 0.3) is 0 Å². The molecule has 0 unspecified atom stereocenters. The van der Waals surface area contributed by atoms with E-state index in [1.165, 1.54) is 6.07 Å². The molecule has 0 radical (unpaired) electrons. The predicted molar refractivity (Wildman–Crippen MR) is 73.2 cm³/mol. The number of amides is 2. The molecule has 1 aromatic rings. The Bertz CT molecular complexity index is 471. The van der Waals surface area contributed by atoms with Crippen molar-refractivity contribution in [2.75, 3.05) is 39.4 Å². The van der Waals surface area contributed by atoms with E-state index in [0.717, 1.165) is 44.2 Å². The topological polar surface area (TPSA) is 90.9 Å². The van der Waals surface area contributed by atoms with Crippen LogP contribution in [0.4, 0.5) is 0 Å². The number of morpholine rings is 1. The highest BCUT2D eigenvalue weighted by atomic mass is 32.1. The second-order valence-corrected chi connectivity index (χ2v) is 5.40. The van der Waals surface area contributed by atoms with Crippen molar-refractivity contribution < 1.29 is 19.5 Å². The van der Waals surface area contributed by atoms with Crippen molar-refractivity contribution >= 4 is 23.2 Å². The number of hydroxylamine groups is 1. The molecule has 0 spiro atoms. The molecule has 110 valence electrons. The zero-order chi connectivity index (χ0) is 14.4. The van der Waals surface area contributed by atoms with Gasteiger partial charge in [0.05, 0.1) is 23.0 Å². The van der Waals surface area contributed by atoms with E-state index >= 15 is 0 Å². The summed E-state index contributed by atoms with van der Waals surface area (Å²) in [5, 5.41) is 11.3. The third-order valence-corrected chi connectivity index (χ3v) is 4.06. The molecule has 0 aromatic carbocycles. The first-order chi connectivity index (χ1) is 9.70. The number of hydrogen-bond acceptors (Lipinski definition) is 6. The minimum Gasteiger partial charge on any atom is -0.379 e. The van der Waals surface area contributed by atoms with Gasteiger partial charge in [0.1, 0.15) is 0 Å². The first-order valence-electron chi connectivity index (χ1n) is 6.33. The Labute approximate surface area is 120 Å². The van der Waals surface area contributed by atoms with Crippen molar-refractivity contribution in [2.45, 2.75) is 0 Å². The van der Waals surface area contributed by atoms with Crippen molar-refractivity contribution in [3.8, 4) is 0 Å². The molecule has 0 bridgehead atoms. The summed E-state index contributed by atoms with van der Waals surface area (Å²) in [4.78, 5) is 26.0. The highest BCUT2D eigenvalue weighted by molar-refractivity contribution is 7.15. The first-order valence-corrected chi connectivity index (χ1v) is 7.15. The predicted octanol–water partition coefficient (Wildman–Crippen LogP) is -0.0709. The Balaban J connectivity index is 1.76. The SMILES string of the molecule is O=C(NO)c1ccc(C(=O)NCCN2CCOCC2)s1. The van der Waals surface area contributed by atoms with Crippen LogP contribution in [0.15, 0.2) is 12.1 Å². The van der Waals surface area contributed by atoms with Crippen molar-refractivity contribution in [2.24, 2.45) is 0 Å². The normalized spacial score (nSPS) is 15.8. The van der Waals surface area contributed by atoms with Gasteiger partial charge >= 0.3 is 0 Å². The molecule has 2 amide bonds. The van der Waals surface area contributed by atoms with Gasteiger partial charge in [0, 0.05) is 26.2 Å². The fourth-order valence-electron chi connectivity index (χ4n) is 1.88. The van der Waals surface area contributed by atoms with Crippen LogP contribution in [0.3, 0.4) is 0 Å². The number of carbonyl (C=O) groups excluding carboxylic acids is 2. The fourth-order valence-corrected chi connectivity index (χ4v) is 2.69. The van der Waals surface area contributed by atoms with E-state index in [0.29, 0.717) is 16.3 Å². The number of nitrogens with one attached hydrogen (secondary N) is 2. The lowest BCUT2D eigenvalue weighted by molar-refractivity contribution is 0.0383. The Kier molecular flexibility index (Phi) is 5.48. The maximum atomic E-state index is 11.9. The molecule has 2 rings (SSSR count). The van der Waals surface area contributed by atoms with E-state index in [9.17, 15) is 9.59 Å². The summed E-state index contributed by atoms with van der Waals surface area (Å²) in [5.41, 5.74) is 1.54. The zero-order valence-corrected chi connectivity index (χ0v) is 11.7. The molecule has 7 nitrogen and oxygen atoms in total. The standard InChI is InChI=1S/C12H17N3O4S/c16-11(9-1-2-10(20-9)12(17)14-18)13-3-4-15-5-7-19-8-6-15/h1-2,18H,3-8H2,(H,13,16)(H,14,17). The molecule has 1 saturated heterocycles. The number of thiophene rings is 1. The van der Waals surface area contributed by atoms with Crippen molar-refractivity contribution in [1.29, 1.82) is 0 Å². The largest absolute Gasteiger partial charge is 0.379 e. The third kappa shape index (κ3) is 4.01. The van der Waals surface area contributed by atoms with Gasteiger partial charge in [-0.05, 0) is 12.1 Å². The summed E-state index contributed by atoms with van der Waals surface area (Å²) in [5.74, 6) is -0.817. The monoisotopic (exact) mass is 299 g/mol. The number of rotatable bonds is 5. The average molecular weight is 299 g/mol. The van der Waals surface area contributed by atoms with Crippen LogP contribution < -0.4 is 10.8 Å². The second kappa shape index (κ2) is 7.34. The van der Waals surface area contributed by atoms with E-state index in [-0.39, 0.29) is 5.91 Å². The van der Waals surface area contributed by atoms with Crippen LogP contribution in [0.1, 0.15) is 19.3 Å². The van der Waals surface area contributed by atoms with Gasteiger partial charge in [-0.2, -0.15) is 0 Å². The van der Waals surface area contributed by atoms with E-state index < -0.39 is 5.91 Å². The van der Waals surface area contributed by atoms with Crippen LogP contribution in [-0.2, 0) is 4.74 Å². The highest BCUT2D eigenvalue weighted by Crippen LogP contribution is 2.16. The smallest absolute Gasteiger partial charge is 0.284 e. The summed E-state index contributed by atoms with van der Waals surface area (Å²) in [6.07, 6.45) is 0. The highest BCUT2D eigenvalue weighted by Gasteiger charge is 2.14. The summed E-state index contributed by atoms with van der Waals surface area (Å²) in [6, 6.07) is 3.08. The summed E-state index contributed by atoms with van der Waals surface area (Å²) in [6.45, 7) is 4.57. The molecule has 0 atom stereocenters. The summed E-state index contributed by atoms with van der Waals surface area (Å²) < 4.78 is 5.25. The van der Waals surface area contributed by atoms with Crippen molar-refractivity contribution in [1.82, 2.24) is 15.7 Å². The molecule has 1 aliphatic rings. The minimum atomic E-state index is -0.609. The quantitative estimate of drug-likeness (QED) is 0.523. The van der Waals surface area contributed by atoms with Crippen molar-refractivity contribution in [3.05, 3.63) is 21.9 Å². The van der Waals surface area contributed by atoms with E-state index in [1.54, 1.807) is 11.5 Å². The number of hydrogen-bond donors (Lipinski definition) is 3. The lowest BCUT2D eigenvalue weighted by Gasteiger charge is -2.26. The molecule has 3 N–H and O–H groups in total. The average Bonchev–Trinajstić information content (AvgIpc) is 2.97. The Morgan fingerprint density at radius 2 is 1.90 bits per heavy atom. The zero-order valence-electron chi connectivity index (χ0n) is 10.9. The number of nitrogens with zero attached hydrogens (tertiary/aromatic N) is 1. The number of carbonyl (C=O) groups is 2. The van der Waals surface area contributed by atoms with Crippen LogP contribution >= 0.6 is 11.3 Å². The van der Waals surface area contributed by atoms with Gasteiger partial charge in [-0.25, -0.2) is 5.48 Å². The summed E-state index contributed by atoms with van der Waals surface area (Å²) >= 11 is 1.04. The van der Waals surface area contributed by atoms with Gasteiger partial charge in [-0.3, -0.25) is 19.7 Å². The molecule has 1 aromatic heterocycles. The van der Waals surface area contributed by atoms with Gasteiger partial charge < -0.3 is 10.1 Å². The Morgan fingerprint density at radius 1 is 1.25 bits per heavy atom. The minimum absolute atomic E-state index is 0.208. The van der Waals surface area contributed by atoms with Crippen molar-refractivity contribution in [3.63, 3.8) is 0 Å². The molecule has 0 saturated carbocycles. The molecule has 0 aliphatic carbocycles. The van der Waals surface area contributed by atoms with E-state index in [4.69, 9.17) is 9.94 Å². The number of ether oxygens (including phenoxy) is 1. The second-order valence-electron chi connectivity index (χ2n) is 4.31. The summed E-state index contributed by atoms with van der Waals surface area (Å²) in [7, 11) is 0. The van der Waals surface area contributed by atoms with Gasteiger partial charge in [0.2, 0.25) is 0 Å². The molecule has 1 aliphatic heterocycles. The van der Waals surface area contributed by atoms with Crippen LogP contribution in [0.2, 0.25) is 0 Å². The van der Waals surface area contributed by atoms with Crippen LogP contribution in [0.5, 0.6) is 0 Å². The third-order valence-electron chi connectivity index (χ3n) is 2.97. The van der Waals surface area contributed by atoms with Gasteiger partial charge in [-0.1, -0.05) is 0 Å². The molecular formula is C12H17N3O4S. The maximum absolute atomic E-state index is 11.9. The maximum Gasteiger partial charge on any atom is 0.284 e. The lowest BCUT2D eigenvalue weighted by Crippen LogP contribution is -2.41. The fraction of sp³-hybridized carbons (Fsp3) is 0.500. The molecular weight excluding hydrogens is 282 g/mol. The molecule has 20 heavy (non-hydrogen) atoms. The van der Waals surface area contributed by atoms with Gasteiger partial charge in [0.25, 0.3) is 11.8 Å². The molecule has 2 heterocycles.